The molecule has 0 amide bonds. The molecule has 1 aliphatic heterocycles. The summed E-state index contributed by atoms with van der Waals surface area (Å²) in [6.07, 6.45) is 7.78. The van der Waals surface area contributed by atoms with Crippen molar-refractivity contribution < 1.29 is 0 Å². The van der Waals surface area contributed by atoms with Crippen LogP contribution in [0, 0.1) is 5.92 Å². The summed E-state index contributed by atoms with van der Waals surface area (Å²) in [4.78, 5) is 6.80. The maximum atomic E-state index is 4.43. The molecule has 118 valence electrons. The Kier molecular flexibility index (Phi) is 5.65. The molecule has 1 aromatic heterocycles. The largest absolute Gasteiger partial charge is 0.356 e. The molecule has 0 radical (unpaired) electrons. The fourth-order valence-electron chi connectivity index (χ4n) is 2.92. The molecule has 0 spiro atoms. The van der Waals surface area contributed by atoms with Gasteiger partial charge in [-0.2, -0.15) is 5.10 Å². The van der Waals surface area contributed by atoms with Crippen LogP contribution in [-0.4, -0.2) is 47.3 Å². The molecule has 1 fully saturated rings. The number of aliphatic imine (C=N–C) groups is 1. The Morgan fingerprint density at radius 1 is 1.52 bits per heavy atom. The molecule has 1 unspecified atom stereocenters. The third-order valence-corrected chi connectivity index (χ3v) is 4.14. The Hall–Kier alpha value is -1.52. The number of nitrogens with one attached hydrogen (secondary N) is 1. The standard InChI is InChI=1S/C16H29N5/c1-13(2)6-5-8-18-16(17-3)21-9-7-14(12-21)15-10-19-20(4)11-15/h10-11,13-14H,5-9,12H2,1-4H3,(H,17,18). The number of hydrogen-bond acceptors (Lipinski definition) is 2. The first kappa shape index (κ1) is 15.9. The van der Waals surface area contributed by atoms with Crippen LogP contribution in [0.4, 0.5) is 0 Å². The third-order valence-electron chi connectivity index (χ3n) is 4.14. The van der Waals surface area contributed by atoms with Crippen molar-refractivity contribution in [2.24, 2.45) is 18.0 Å². The molecule has 2 rings (SSSR count). The highest BCUT2D eigenvalue weighted by Gasteiger charge is 2.26. The van der Waals surface area contributed by atoms with Crippen LogP contribution in [0.15, 0.2) is 17.4 Å². The number of aromatic nitrogens is 2. The van der Waals surface area contributed by atoms with Crippen molar-refractivity contribution in [1.82, 2.24) is 20.0 Å². The normalized spacial score (nSPS) is 19.6. The van der Waals surface area contributed by atoms with E-state index in [1.807, 2.05) is 25.0 Å². The molecule has 0 bridgehead atoms. The molecule has 1 saturated heterocycles. The van der Waals surface area contributed by atoms with E-state index >= 15 is 0 Å². The Bertz CT molecular complexity index is 463. The summed E-state index contributed by atoms with van der Waals surface area (Å²) in [7, 11) is 3.85. The molecule has 21 heavy (non-hydrogen) atoms. The molecule has 0 aliphatic carbocycles. The minimum absolute atomic E-state index is 0.577. The van der Waals surface area contributed by atoms with Gasteiger partial charge < -0.3 is 10.2 Å². The SMILES string of the molecule is CN=C(NCCCC(C)C)N1CCC(c2cnn(C)c2)C1. The van der Waals surface area contributed by atoms with Gasteiger partial charge in [-0.25, -0.2) is 0 Å². The van der Waals surface area contributed by atoms with Crippen molar-refractivity contribution in [3.63, 3.8) is 0 Å². The summed E-state index contributed by atoms with van der Waals surface area (Å²) in [5.41, 5.74) is 1.34. The molecule has 1 atom stereocenters. The van der Waals surface area contributed by atoms with Crippen molar-refractivity contribution in [3.8, 4) is 0 Å². The van der Waals surface area contributed by atoms with Crippen LogP contribution in [0.5, 0.6) is 0 Å². The lowest BCUT2D eigenvalue weighted by atomic mass is 10.0. The lowest BCUT2D eigenvalue weighted by molar-refractivity contribution is 0.478. The smallest absolute Gasteiger partial charge is 0.193 e. The zero-order valence-corrected chi connectivity index (χ0v) is 13.8. The van der Waals surface area contributed by atoms with Crippen LogP contribution >= 0.6 is 0 Å². The first-order valence-electron chi connectivity index (χ1n) is 8.04. The predicted octanol–water partition coefficient (Wildman–Crippen LogP) is 2.22. The maximum Gasteiger partial charge on any atom is 0.193 e. The lowest BCUT2D eigenvalue weighted by Crippen LogP contribution is -2.40. The van der Waals surface area contributed by atoms with Crippen LogP contribution in [0.25, 0.3) is 0 Å². The number of likely N-dealkylation sites (tertiary alicyclic amines) is 1. The van der Waals surface area contributed by atoms with Gasteiger partial charge >= 0.3 is 0 Å². The topological polar surface area (TPSA) is 45.5 Å². The average molecular weight is 291 g/mol. The van der Waals surface area contributed by atoms with Gasteiger partial charge in [0.15, 0.2) is 5.96 Å². The van der Waals surface area contributed by atoms with Gasteiger partial charge in [-0.3, -0.25) is 9.67 Å². The second-order valence-electron chi connectivity index (χ2n) is 6.39. The van der Waals surface area contributed by atoms with Crippen LogP contribution < -0.4 is 5.32 Å². The van der Waals surface area contributed by atoms with Gasteiger partial charge in [0, 0.05) is 45.8 Å². The van der Waals surface area contributed by atoms with Crippen molar-refractivity contribution >= 4 is 5.96 Å². The average Bonchev–Trinajstić information content (AvgIpc) is 3.07. The fraction of sp³-hybridized carbons (Fsp3) is 0.750. The first-order chi connectivity index (χ1) is 10.1. The second kappa shape index (κ2) is 7.48. The van der Waals surface area contributed by atoms with E-state index in [-0.39, 0.29) is 0 Å². The monoisotopic (exact) mass is 291 g/mol. The van der Waals surface area contributed by atoms with Crippen LogP contribution in [0.1, 0.15) is 44.6 Å². The number of guanidine groups is 1. The summed E-state index contributed by atoms with van der Waals surface area (Å²) in [6, 6.07) is 0. The van der Waals surface area contributed by atoms with E-state index in [9.17, 15) is 0 Å². The molecule has 1 aromatic rings. The third kappa shape index (κ3) is 4.48. The van der Waals surface area contributed by atoms with E-state index in [1.54, 1.807) is 0 Å². The number of rotatable bonds is 5. The highest BCUT2D eigenvalue weighted by Crippen LogP contribution is 2.26. The fourth-order valence-corrected chi connectivity index (χ4v) is 2.92. The minimum Gasteiger partial charge on any atom is -0.356 e. The summed E-state index contributed by atoms with van der Waals surface area (Å²) in [6.45, 7) is 7.67. The van der Waals surface area contributed by atoms with Crippen molar-refractivity contribution in [1.29, 1.82) is 0 Å². The number of hydrogen-bond donors (Lipinski definition) is 1. The molecule has 0 saturated carbocycles. The Balaban J connectivity index is 1.81. The van der Waals surface area contributed by atoms with E-state index in [4.69, 9.17) is 0 Å². The van der Waals surface area contributed by atoms with Gasteiger partial charge in [-0.15, -0.1) is 0 Å². The molecule has 0 aromatic carbocycles. The van der Waals surface area contributed by atoms with E-state index in [2.05, 4.69) is 40.4 Å². The quantitative estimate of drug-likeness (QED) is 0.514. The summed E-state index contributed by atoms with van der Waals surface area (Å²) >= 11 is 0. The summed E-state index contributed by atoms with van der Waals surface area (Å²) in [5.74, 6) is 2.40. The summed E-state index contributed by atoms with van der Waals surface area (Å²) < 4.78 is 1.89. The van der Waals surface area contributed by atoms with Gasteiger partial charge in [0.05, 0.1) is 6.20 Å². The van der Waals surface area contributed by atoms with E-state index in [0.717, 1.165) is 31.5 Å². The van der Waals surface area contributed by atoms with Gasteiger partial charge in [-0.05, 0) is 30.7 Å². The van der Waals surface area contributed by atoms with Crippen LogP contribution in [0.3, 0.4) is 0 Å². The zero-order valence-electron chi connectivity index (χ0n) is 13.8. The zero-order chi connectivity index (χ0) is 15.2. The van der Waals surface area contributed by atoms with E-state index in [1.165, 1.54) is 24.8 Å². The highest BCUT2D eigenvalue weighted by molar-refractivity contribution is 5.80. The van der Waals surface area contributed by atoms with Gasteiger partial charge in [-0.1, -0.05) is 13.8 Å². The first-order valence-corrected chi connectivity index (χ1v) is 8.04. The van der Waals surface area contributed by atoms with Crippen LogP contribution in [0.2, 0.25) is 0 Å². The van der Waals surface area contributed by atoms with E-state index in [0.29, 0.717) is 5.92 Å². The van der Waals surface area contributed by atoms with Gasteiger partial charge in [0.2, 0.25) is 0 Å². The molecule has 1 aliphatic rings. The summed E-state index contributed by atoms with van der Waals surface area (Å²) in [5, 5.41) is 7.78. The maximum absolute atomic E-state index is 4.43. The molecule has 2 heterocycles. The second-order valence-corrected chi connectivity index (χ2v) is 6.39. The molecule has 5 heteroatoms. The van der Waals surface area contributed by atoms with Crippen molar-refractivity contribution in [2.45, 2.75) is 39.0 Å². The Morgan fingerprint density at radius 2 is 2.33 bits per heavy atom. The van der Waals surface area contributed by atoms with Crippen molar-refractivity contribution in [2.75, 3.05) is 26.7 Å². The predicted molar refractivity (Wildman–Crippen MR) is 87.6 cm³/mol. The van der Waals surface area contributed by atoms with Gasteiger partial charge in [0.1, 0.15) is 0 Å². The lowest BCUT2D eigenvalue weighted by Gasteiger charge is -2.21. The van der Waals surface area contributed by atoms with Gasteiger partial charge in [0.25, 0.3) is 0 Å². The van der Waals surface area contributed by atoms with E-state index < -0.39 is 0 Å². The van der Waals surface area contributed by atoms with Crippen molar-refractivity contribution in [3.05, 3.63) is 18.0 Å². The number of aryl methyl sites for hydroxylation is 1. The Morgan fingerprint density at radius 3 is 2.95 bits per heavy atom. The van der Waals surface area contributed by atoms with Crippen LogP contribution in [-0.2, 0) is 7.05 Å². The molecule has 5 nitrogen and oxygen atoms in total. The molecular formula is C16H29N5. The highest BCUT2D eigenvalue weighted by atomic mass is 15.3. The Labute approximate surface area is 128 Å². The molecule has 1 N–H and O–H groups in total. The molecular weight excluding hydrogens is 262 g/mol. The number of nitrogens with zero attached hydrogens (tertiary/aromatic N) is 4. The minimum atomic E-state index is 0.577.